The summed E-state index contributed by atoms with van der Waals surface area (Å²) < 4.78 is 5.58. The Bertz CT molecular complexity index is 1010. The lowest BCUT2D eigenvalue weighted by Crippen LogP contribution is -2.00. The van der Waals surface area contributed by atoms with Gasteiger partial charge in [0.2, 0.25) is 0 Å². The smallest absolute Gasteiger partial charge is 0.127 e. The van der Waals surface area contributed by atoms with Gasteiger partial charge in [0.15, 0.2) is 0 Å². The second kappa shape index (κ2) is 8.06. The van der Waals surface area contributed by atoms with E-state index in [1.807, 2.05) is 60.7 Å². The lowest BCUT2D eigenvalue weighted by Gasteiger charge is -2.17. The van der Waals surface area contributed by atoms with E-state index in [-0.39, 0.29) is 0 Å². The molecule has 1 nitrogen and oxygen atoms in total. The lowest BCUT2D eigenvalue weighted by molar-refractivity contribution is 0.482. The number of para-hydroxylation sites is 2. The zero-order valence-corrected chi connectivity index (χ0v) is 15.9. The van der Waals surface area contributed by atoms with Crippen LogP contribution in [0.3, 0.4) is 0 Å². The molecule has 1 atom stereocenters. The van der Waals surface area contributed by atoms with Gasteiger partial charge in [-0.05, 0) is 51.7 Å². The van der Waals surface area contributed by atoms with E-state index in [9.17, 15) is 0 Å². The standard InChI is InChI=1S/C13H9Si.C12H10O/c14-12-8-7-10-4-1-3-9-5-2-6-11(12)13(9)10;1-3-7-11(8-4-1)13-12-9-5-2-6-10-12/h1-8,12H;1-10H. The molecule has 5 rings (SSSR count). The number of ether oxygens (including phenoxy) is 1. The Kier molecular flexibility index (Phi) is 5.17. The Labute approximate surface area is 163 Å². The average Bonchev–Trinajstić information content (AvgIpc) is 2.73. The Morgan fingerprint density at radius 2 is 1.22 bits per heavy atom. The third kappa shape index (κ3) is 4.02. The maximum Gasteiger partial charge on any atom is 0.127 e. The maximum atomic E-state index is 5.58. The summed E-state index contributed by atoms with van der Waals surface area (Å²) in [6.45, 7) is 0. The van der Waals surface area contributed by atoms with Crippen LogP contribution in [0.5, 0.6) is 11.5 Å². The summed E-state index contributed by atoms with van der Waals surface area (Å²) >= 11 is 0. The Morgan fingerprint density at radius 3 is 1.85 bits per heavy atom. The molecule has 4 aromatic carbocycles. The van der Waals surface area contributed by atoms with Gasteiger partial charge in [-0.25, -0.2) is 0 Å². The summed E-state index contributed by atoms with van der Waals surface area (Å²) in [6.07, 6.45) is 4.38. The van der Waals surface area contributed by atoms with Gasteiger partial charge in [0, 0.05) is 10.2 Å². The molecule has 0 fully saturated rings. The van der Waals surface area contributed by atoms with Crippen LogP contribution in [-0.2, 0) is 0 Å². The van der Waals surface area contributed by atoms with Crippen LogP contribution in [0.1, 0.15) is 16.7 Å². The Hall–Kier alpha value is -3.10. The van der Waals surface area contributed by atoms with Gasteiger partial charge in [0.1, 0.15) is 11.5 Å². The molecule has 0 N–H and O–H groups in total. The van der Waals surface area contributed by atoms with Crippen molar-refractivity contribution >= 4 is 27.1 Å². The first-order valence-electron chi connectivity index (χ1n) is 9.00. The van der Waals surface area contributed by atoms with Crippen molar-refractivity contribution < 1.29 is 4.74 Å². The molecule has 2 heteroatoms. The molecule has 1 unspecified atom stereocenters. The third-order valence-corrected chi connectivity index (χ3v) is 5.00. The van der Waals surface area contributed by atoms with E-state index in [1.54, 1.807) is 0 Å². The van der Waals surface area contributed by atoms with E-state index >= 15 is 0 Å². The second-order valence-electron chi connectivity index (χ2n) is 6.36. The molecule has 4 aromatic rings. The van der Waals surface area contributed by atoms with Crippen molar-refractivity contribution in [2.75, 3.05) is 0 Å². The van der Waals surface area contributed by atoms with E-state index in [1.165, 1.54) is 21.9 Å². The first-order valence-corrected chi connectivity index (χ1v) is 9.58. The van der Waals surface area contributed by atoms with Crippen molar-refractivity contribution in [3.8, 4) is 11.5 Å². The summed E-state index contributed by atoms with van der Waals surface area (Å²) in [5.74, 6) is 1.74. The second-order valence-corrected chi connectivity index (χ2v) is 6.98. The van der Waals surface area contributed by atoms with Crippen LogP contribution in [0.15, 0.2) is 103 Å². The van der Waals surface area contributed by atoms with Gasteiger partial charge in [0.25, 0.3) is 0 Å². The minimum absolute atomic E-state index is 0.355. The molecule has 0 spiro atoms. The van der Waals surface area contributed by atoms with Gasteiger partial charge in [-0.3, -0.25) is 0 Å². The number of allylic oxidation sites excluding steroid dienone is 1. The highest BCUT2D eigenvalue weighted by atomic mass is 28.1. The molecule has 0 heterocycles. The first-order chi connectivity index (χ1) is 13.3. The predicted molar refractivity (Wildman–Crippen MR) is 114 cm³/mol. The fraction of sp³-hybridized carbons (Fsp3) is 0.0400. The Balaban J connectivity index is 0.000000134. The normalized spacial score (nSPS) is 14.3. The molecule has 0 bridgehead atoms. The largest absolute Gasteiger partial charge is 0.457 e. The molecule has 0 saturated carbocycles. The van der Waals surface area contributed by atoms with Crippen molar-refractivity contribution in [2.24, 2.45) is 0 Å². The van der Waals surface area contributed by atoms with E-state index in [4.69, 9.17) is 4.74 Å². The summed E-state index contributed by atoms with van der Waals surface area (Å²) in [4.78, 5) is 0. The molecular formula is C25H19OSi. The van der Waals surface area contributed by atoms with Crippen LogP contribution in [-0.4, -0.2) is 10.2 Å². The van der Waals surface area contributed by atoms with Crippen molar-refractivity contribution in [3.63, 3.8) is 0 Å². The topological polar surface area (TPSA) is 9.23 Å². The monoisotopic (exact) mass is 363 g/mol. The average molecular weight is 364 g/mol. The molecule has 3 radical (unpaired) electrons. The quantitative estimate of drug-likeness (QED) is 0.367. The van der Waals surface area contributed by atoms with Crippen LogP contribution in [0, 0.1) is 0 Å². The molecule has 0 amide bonds. The summed E-state index contributed by atoms with van der Waals surface area (Å²) in [5, 5.41) is 2.71. The number of hydrogen-bond acceptors (Lipinski definition) is 1. The minimum atomic E-state index is 0.355. The van der Waals surface area contributed by atoms with E-state index < -0.39 is 0 Å². The predicted octanol–water partition coefficient (Wildman–Crippen LogP) is 6.56. The van der Waals surface area contributed by atoms with Crippen molar-refractivity contribution in [3.05, 3.63) is 114 Å². The minimum Gasteiger partial charge on any atom is -0.457 e. The summed E-state index contributed by atoms with van der Waals surface area (Å²) in [7, 11) is 3.72. The molecule has 129 valence electrons. The number of hydrogen-bond donors (Lipinski definition) is 0. The molecule has 0 aromatic heterocycles. The summed E-state index contributed by atoms with van der Waals surface area (Å²) in [6, 6.07) is 32.4. The van der Waals surface area contributed by atoms with Crippen LogP contribution in [0.25, 0.3) is 16.8 Å². The van der Waals surface area contributed by atoms with Gasteiger partial charge in [0.05, 0.1) is 0 Å². The number of benzene rings is 4. The first kappa shape index (κ1) is 17.3. The van der Waals surface area contributed by atoms with Crippen LogP contribution in [0.2, 0.25) is 0 Å². The molecule has 1 aliphatic rings. The highest BCUT2D eigenvalue weighted by molar-refractivity contribution is 6.17. The van der Waals surface area contributed by atoms with E-state index in [0.29, 0.717) is 5.54 Å². The van der Waals surface area contributed by atoms with Gasteiger partial charge < -0.3 is 4.74 Å². The molecule has 1 aliphatic carbocycles. The Morgan fingerprint density at radius 1 is 0.630 bits per heavy atom. The zero-order valence-electron chi connectivity index (χ0n) is 14.9. The number of rotatable bonds is 2. The SMILES string of the molecule is [Si]C1C=Cc2cccc3cccc1c23.c1ccc(Oc2ccccc2)cc1. The van der Waals surface area contributed by atoms with Crippen molar-refractivity contribution in [2.45, 2.75) is 5.54 Å². The van der Waals surface area contributed by atoms with Crippen LogP contribution in [0.4, 0.5) is 0 Å². The molecule has 0 saturated heterocycles. The van der Waals surface area contributed by atoms with Crippen LogP contribution >= 0.6 is 0 Å². The molecule has 0 aliphatic heterocycles. The van der Waals surface area contributed by atoms with Crippen LogP contribution < -0.4 is 4.74 Å². The van der Waals surface area contributed by atoms with E-state index in [2.05, 4.69) is 58.8 Å². The van der Waals surface area contributed by atoms with Gasteiger partial charge >= 0.3 is 0 Å². The van der Waals surface area contributed by atoms with Crippen molar-refractivity contribution in [1.29, 1.82) is 0 Å². The maximum absolute atomic E-state index is 5.58. The van der Waals surface area contributed by atoms with Crippen molar-refractivity contribution in [1.82, 2.24) is 0 Å². The van der Waals surface area contributed by atoms with Gasteiger partial charge in [-0.1, -0.05) is 84.9 Å². The third-order valence-electron chi connectivity index (χ3n) is 4.49. The molecular weight excluding hydrogens is 344 g/mol. The lowest BCUT2D eigenvalue weighted by atomic mass is 9.93. The highest BCUT2D eigenvalue weighted by Gasteiger charge is 2.12. The van der Waals surface area contributed by atoms with Gasteiger partial charge in [-0.2, -0.15) is 0 Å². The molecule has 27 heavy (non-hydrogen) atoms. The van der Waals surface area contributed by atoms with E-state index in [0.717, 1.165) is 11.5 Å². The summed E-state index contributed by atoms with van der Waals surface area (Å²) in [5.41, 5.74) is 3.05. The van der Waals surface area contributed by atoms with Gasteiger partial charge in [-0.15, -0.1) is 0 Å². The fourth-order valence-electron chi connectivity index (χ4n) is 3.21. The fourth-order valence-corrected chi connectivity index (χ4v) is 3.55. The zero-order chi connectivity index (χ0) is 18.5. The highest BCUT2D eigenvalue weighted by Crippen LogP contribution is 2.32.